The Morgan fingerprint density at radius 3 is 2.08 bits per heavy atom. The first-order chi connectivity index (χ1) is 19.5. The van der Waals surface area contributed by atoms with Crippen molar-refractivity contribution in [2.75, 3.05) is 12.4 Å². The van der Waals surface area contributed by atoms with Crippen LogP contribution in [0.5, 0.6) is 0 Å². The first-order valence-corrected chi connectivity index (χ1v) is 14.1. The van der Waals surface area contributed by atoms with Crippen molar-refractivity contribution in [3.63, 3.8) is 0 Å². The number of amides is 1. The van der Waals surface area contributed by atoms with Gasteiger partial charge in [-0.25, -0.2) is 14.8 Å². The van der Waals surface area contributed by atoms with Crippen LogP contribution in [0.2, 0.25) is 0 Å². The van der Waals surface area contributed by atoms with E-state index in [9.17, 15) is 14.4 Å². The van der Waals surface area contributed by atoms with E-state index in [0.29, 0.717) is 12.0 Å². The van der Waals surface area contributed by atoms with Crippen molar-refractivity contribution >= 4 is 28.8 Å². The predicted molar refractivity (Wildman–Crippen MR) is 157 cm³/mol. The topological polar surface area (TPSA) is 98.2 Å². The fourth-order valence-corrected chi connectivity index (χ4v) is 5.13. The molecule has 4 rings (SSSR count). The van der Waals surface area contributed by atoms with Crippen LogP contribution < -0.4 is 5.32 Å². The van der Waals surface area contributed by atoms with Crippen LogP contribution in [-0.4, -0.2) is 45.4 Å². The standard InChI is InChI=1S/C32H31N3O4S/c1-2-39-31(37)29(18-24-13-15-25(16-14-24)28-19-33-22-34-20-28)35-30(36)27(17-23-9-5-3-6-10-23)21-40-32(38)26-11-7-4-8-12-26/h3-16,19-20,22,27,29H,2,17-18,21H2,1H3,(H,35,36)/t27-,29+/m1/s1. The molecule has 0 spiro atoms. The van der Waals surface area contributed by atoms with Gasteiger partial charge in [0.15, 0.2) is 0 Å². The van der Waals surface area contributed by atoms with Crippen molar-refractivity contribution in [2.45, 2.75) is 25.8 Å². The van der Waals surface area contributed by atoms with E-state index in [-0.39, 0.29) is 29.8 Å². The summed E-state index contributed by atoms with van der Waals surface area (Å²) < 4.78 is 5.29. The molecule has 0 aliphatic carbocycles. The molecular weight excluding hydrogens is 522 g/mol. The second-order valence-electron chi connectivity index (χ2n) is 9.19. The van der Waals surface area contributed by atoms with E-state index < -0.39 is 17.9 Å². The number of carbonyl (C=O) groups excluding carboxylic acids is 3. The zero-order chi connectivity index (χ0) is 28.2. The lowest BCUT2D eigenvalue weighted by molar-refractivity contribution is -0.147. The molecule has 8 heteroatoms. The lowest BCUT2D eigenvalue weighted by Gasteiger charge is -2.22. The van der Waals surface area contributed by atoms with Gasteiger partial charge in [-0.2, -0.15) is 0 Å². The van der Waals surface area contributed by atoms with E-state index >= 15 is 0 Å². The number of esters is 1. The summed E-state index contributed by atoms with van der Waals surface area (Å²) in [6.45, 7) is 1.94. The Morgan fingerprint density at radius 2 is 1.43 bits per heavy atom. The Morgan fingerprint density at radius 1 is 0.800 bits per heavy atom. The quantitative estimate of drug-likeness (QED) is 0.242. The lowest BCUT2D eigenvalue weighted by atomic mass is 9.98. The molecule has 0 fully saturated rings. The molecule has 1 N–H and O–H groups in total. The van der Waals surface area contributed by atoms with Gasteiger partial charge in [-0.1, -0.05) is 96.7 Å². The van der Waals surface area contributed by atoms with Gasteiger partial charge in [0.1, 0.15) is 12.4 Å². The fraction of sp³-hybridized carbons (Fsp3) is 0.219. The van der Waals surface area contributed by atoms with Gasteiger partial charge in [0, 0.05) is 35.7 Å². The minimum atomic E-state index is -0.869. The van der Waals surface area contributed by atoms with Gasteiger partial charge in [-0.05, 0) is 30.0 Å². The highest BCUT2D eigenvalue weighted by molar-refractivity contribution is 8.14. The Labute approximate surface area is 238 Å². The van der Waals surface area contributed by atoms with Gasteiger partial charge < -0.3 is 10.1 Å². The van der Waals surface area contributed by atoms with Crippen LogP contribution in [0.1, 0.15) is 28.4 Å². The Hall–Kier alpha value is -4.30. The molecule has 2 atom stereocenters. The number of nitrogens with zero attached hydrogens (tertiary/aromatic N) is 2. The maximum atomic E-state index is 13.6. The average Bonchev–Trinajstić information content (AvgIpc) is 3.00. The molecule has 0 unspecified atom stereocenters. The van der Waals surface area contributed by atoms with Gasteiger partial charge in [-0.15, -0.1) is 0 Å². The zero-order valence-corrected chi connectivity index (χ0v) is 23.1. The molecule has 4 aromatic rings. The Balaban J connectivity index is 1.48. The van der Waals surface area contributed by atoms with Gasteiger partial charge in [-0.3, -0.25) is 9.59 Å². The second-order valence-corrected chi connectivity index (χ2v) is 10.2. The van der Waals surface area contributed by atoms with Crippen LogP contribution in [0, 0.1) is 5.92 Å². The van der Waals surface area contributed by atoms with Crippen LogP contribution in [0.4, 0.5) is 0 Å². The number of aromatic nitrogens is 2. The summed E-state index contributed by atoms with van der Waals surface area (Å²) in [5.74, 6) is -1.05. The molecule has 204 valence electrons. The summed E-state index contributed by atoms with van der Waals surface area (Å²) >= 11 is 1.11. The van der Waals surface area contributed by atoms with Gasteiger partial charge in [0.2, 0.25) is 11.0 Å². The number of nitrogens with one attached hydrogen (secondary N) is 1. The van der Waals surface area contributed by atoms with Gasteiger partial charge in [0.25, 0.3) is 0 Å². The molecule has 0 radical (unpaired) electrons. The van der Waals surface area contributed by atoms with Crippen molar-refractivity contribution in [1.82, 2.24) is 15.3 Å². The van der Waals surface area contributed by atoms with E-state index in [1.165, 1.54) is 6.33 Å². The molecule has 7 nitrogen and oxygen atoms in total. The number of rotatable bonds is 12. The molecule has 1 amide bonds. The molecule has 0 aliphatic heterocycles. The molecule has 0 saturated carbocycles. The SMILES string of the molecule is CCOC(=O)[C@H](Cc1ccc(-c2cncnc2)cc1)NC(=O)[C@@H](CSC(=O)c1ccccc1)Cc1ccccc1. The maximum Gasteiger partial charge on any atom is 0.328 e. The number of ether oxygens (including phenoxy) is 1. The molecular formula is C32H31N3O4S. The Bertz CT molecular complexity index is 1380. The fourth-order valence-electron chi connectivity index (χ4n) is 4.20. The zero-order valence-electron chi connectivity index (χ0n) is 22.2. The summed E-state index contributed by atoms with van der Waals surface area (Å²) in [7, 11) is 0. The summed E-state index contributed by atoms with van der Waals surface area (Å²) in [4.78, 5) is 47.3. The minimum Gasteiger partial charge on any atom is -0.464 e. The molecule has 40 heavy (non-hydrogen) atoms. The molecule has 1 aromatic heterocycles. The van der Waals surface area contributed by atoms with Crippen molar-refractivity contribution in [2.24, 2.45) is 5.92 Å². The highest BCUT2D eigenvalue weighted by atomic mass is 32.2. The average molecular weight is 554 g/mol. The molecule has 0 saturated heterocycles. The molecule has 0 bridgehead atoms. The predicted octanol–water partition coefficient (Wildman–Crippen LogP) is 5.17. The monoisotopic (exact) mass is 553 g/mol. The Kier molecular flexibility index (Phi) is 10.6. The maximum absolute atomic E-state index is 13.6. The highest BCUT2D eigenvalue weighted by Gasteiger charge is 2.28. The highest BCUT2D eigenvalue weighted by Crippen LogP contribution is 2.21. The van der Waals surface area contributed by atoms with Crippen molar-refractivity contribution in [1.29, 1.82) is 0 Å². The third-order valence-corrected chi connectivity index (χ3v) is 7.36. The second kappa shape index (κ2) is 14.7. The first kappa shape index (κ1) is 28.7. The molecule has 1 heterocycles. The van der Waals surface area contributed by atoms with Crippen LogP contribution in [0.15, 0.2) is 104 Å². The van der Waals surface area contributed by atoms with Crippen molar-refractivity contribution in [3.05, 3.63) is 120 Å². The number of thioether (sulfide) groups is 1. The number of carbonyl (C=O) groups is 3. The summed E-state index contributed by atoms with van der Waals surface area (Å²) in [6.07, 6.45) is 5.65. The number of hydrogen-bond donors (Lipinski definition) is 1. The normalized spacial score (nSPS) is 12.2. The lowest BCUT2D eigenvalue weighted by Crippen LogP contribution is -2.46. The molecule has 0 aliphatic rings. The number of hydrogen-bond acceptors (Lipinski definition) is 7. The van der Waals surface area contributed by atoms with E-state index in [1.807, 2.05) is 72.8 Å². The van der Waals surface area contributed by atoms with Gasteiger partial charge in [0.05, 0.1) is 12.5 Å². The van der Waals surface area contributed by atoms with E-state index in [4.69, 9.17) is 4.74 Å². The van der Waals surface area contributed by atoms with Crippen LogP contribution in [0.3, 0.4) is 0 Å². The summed E-state index contributed by atoms with van der Waals surface area (Å²) in [5.41, 5.74) is 4.26. The van der Waals surface area contributed by atoms with E-state index in [0.717, 1.165) is 34.0 Å². The minimum absolute atomic E-state index is 0.0997. The van der Waals surface area contributed by atoms with Crippen molar-refractivity contribution < 1.29 is 19.1 Å². The molecule has 3 aromatic carbocycles. The smallest absolute Gasteiger partial charge is 0.328 e. The van der Waals surface area contributed by atoms with E-state index in [2.05, 4.69) is 15.3 Å². The van der Waals surface area contributed by atoms with Crippen LogP contribution in [-0.2, 0) is 27.2 Å². The van der Waals surface area contributed by atoms with Crippen LogP contribution >= 0.6 is 11.8 Å². The number of benzene rings is 3. The first-order valence-electron chi connectivity index (χ1n) is 13.1. The van der Waals surface area contributed by atoms with Gasteiger partial charge >= 0.3 is 5.97 Å². The van der Waals surface area contributed by atoms with Crippen LogP contribution in [0.25, 0.3) is 11.1 Å². The summed E-state index contributed by atoms with van der Waals surface area (Å²) in [6, 6.07) is 25.5. The third-order valence-electron chi connectivity index (χ3n) is 6.30. The van der Waals surface area contributed by atoms with E-state index in [1.54, 1.807) is 31.5 Å². The van der Waals surface area contributed by atoms with Crippen molar-refractivity contribution in [3.8, 4) is 11.1 Å². The third kappa shape index (κ3) is 8.35. The largest absolute Gasteiger partial charge is 0.464 e. The summed E-state index contributed by atoms with van der Waals surface area (Å²) in [5, 5.41) is 2.82.